The molecule has 1 aromatic heterocycles. The summed E-state index contributed by atoms with van der Waals surface area (Å²) >= 11 is 0. The molecule has 0 N–H and O–H groups in total. The molecule has 114 valence electrons. The summed E-state index contributed by atoms with van der Waals surface area (Å²) in [5, 5.41) is 4.33. The molecule has 1 aromatic rings. The molecule has 5 rings (SSSR count). The summed E-state index contributed by atoms with van der Waals surface area (Å²) in [5.41, 5.74) is 1.77. The van der Waals surface area contributed by atoms with Gasteiger partial charge >= 0.3 is 0 Å². The van der Waals surface area contributed by atoms with Crippen molar-refractivity contribution in [3.63, 3.8) is 0 Å². The first-order valence-electron chi connectivity index (χ1n) is 8.26. The summed E-state index contributed by atoms with van der Waals surface area (Å²) in [5.74, 6) is 2.74. The molecular weight excluding hydrogens is 262 g/mol. The number of hydrogen-bond acceptors (Lipinski definition) is 2. The average Bonchev–Trinajstić information content (AvgIpc) is 2.74. The first-order valence-corrected chi connectivity index (χ1v) is 8.26. The largest absolute Gasteiger partial charge is 0.335 e. The summed E-state index contributed by atoms with van der Waals surface area (Å²) in [7, 11) is 3.89. The normalized spacial score (nSPS) is 37.0. The van der Waals surface area contributed by atoms with Crippen LogP contribution < -0.4 is 0 Å². The van der Waals surface area contributed by atoms with Crippen molar-refractivity contribution < 1.29 is 4.79 Å². The molecule has 0 aromatic carbocycles. The molecule has 4 nitrogen and oxygen atoms in total. The van der Waals surface area contributed by atoms with E-state index in [-0.39, 0.29) is 11.4 Å². The second kappa shape index (κ2) is 4.34. The third kappa shape index (κ3) is 1.95. The molecule has 0 saturated heterocycles. The molecule has 0 atom stereocenters. The predicted octanol–water partition coefficient (Wildman–Crippen LogP) is 2.77. The minimum atomic E-state index is 0.129. The molecule has 21 heavy (non-hydrogen) atoms. The SMILES string of the molecule is Cc1cc(C(=O)N(C)C23CC4CC(CC(C4)C2)C3)n(C)n1. The number of nitrogens with zero attached hydrogens (tertiary/aromatic N) is 3. The van der Waals surface area contributed by atoms with Crippen LogP contribution in [0.5, 0.6) is 0 Å². The van der Waals surface area contributed by atoms with E-state index in [1.165, 1.54) is 38.5 Å². The zero-order chi connectivity index (χ0) is 14.8. The van der Waals surface area contributed by atoms with E-state index in [4.69, 9.17) is 0 Å². The van der Waals surface area contributed by atoms with Crippen molar-refractivity contribution in [2.24, 2.45) is 24.8 Å². The highest BCUT2D eigenvalue weighted by molar-refractivity contribution is 5.93. The van der Waals surface area contributed by atoms with Crippen molar-refractivity contribution >= 4 is 5.91 Å². The quantitative estimate of drug-likeness (QED) is 0.839. The second-order valence-corrected chi connectivity index (χ2v) is 7.80. The monoisotopic (exact) mass is 287 g/mol. The van der Waals surface area contributed by atoms with Gasteiger partial charge in [0, 0.05) is 19.6 Å². The molecule has 0 unspecified atom stereocenters. The van der Waals surface area contributed by atoms with Gasteiger partial charge in [0.25, 0.3) is 5.91 Å². The van der Waals surface area contributed by atoms with Crippen molar-refractivity contribution in [2.75, 3.05) is 7.05 Å². The van der Waals surface area contributed by atoms with Crippen molar-refractivity contribution in [3.05, 3.63) is 17.5 Å². The van der Waals surface area contributed by atoms with Gasteiger partial charge in [-0.2, -0.15) is 5.10 Å². The number of rotatable bonds is 2. The van der Waals surface area contributed by atoms with Crippen LogP contribution in [0.15, 0.2) is 6.07 Å². The van der Waals surface area contributed by atoms with Gasteiger partial charge < -0.3 is 4.90 Å². The number of aromatic nitrogens is 2. The van der Waals surface area contributed by atoms with Gasteiger partial charge in [0.2, 0.25) is 0 Å². The highest BCUT2D eigenvalue weighted by Crippen LogP contribution is 2.57. The number of carbonyl (C=O) groups excluding carboxylic acids is 1. The lowest BCUT2D eigenvalue weighted by Gasteiger charge is -2.59. The fourth-order valence-corrected chi connectivity index (χ4v) is 5.67. The highest BCUT2D eigenvalue weighted by Gasteiger charge is 2.54. The number of amides is 1. The standard InChI is InChI=1S/C17H25N3O/c1-11-4-15(20(3)18-11)16(21)19(2)17-8-12-5-13(9-17)7-14(6-12)10-17/h4,12-14H,5-10H2,1-3H3. The Balaban J connectivity index is 1.64. The molecule has 0 aliphatic heterocycles. The van der Waals surface area contributed by atoms with Gasteiger partial charge in [0.05, 0.1) is 5.69 Å². The topological polar surface area (TPSA) is 38.1 Å². The van der Waals surface area contributed by atoms with Gasteiger partial charge in [0.15, 0.2) is 0 Å². The number of carbonyl (C=O) groups is 1. The molecule has 0 radical (unpaired) electrons. The second-order valence-electron chi connectivity index (χ2n) is 7.80. The number of hydrogen-bond donors (Lipinski definition) is 0. The van der Waals surface area contributed by atoms with E-state index in [0.29, 0.717) is 0 Å². The maximum absolute atomic E-state index is 13.0. The van der Waals surface area contributed by atoms with Gasteiger partial charge in [-0.25, -0.2) is 0 Å². The minimum Gasteiger partial charge on any atom is -0.335 e. The van der Waals surface area contributed by atoms with Crippen LogP contribution in [0.3, 0.4) is 0 Å². The smallest absolute Gasteiger partial charge is 0.272 e. The van der Waals surface area contributed by atoms with Crippen LogP contribution in [0, 0.1) is 24.7 Å². The third-order valence-electron chi connectivity index (χ3n) is 6.24. The van der Waals surface area contributed by atoms with Crippen molar-refractivity contribution in [1.29, 1.82) is 0 Å². The van der Waals surface area contributed by atoms with E-state index < -0.39 is 0 Å². The molecule has 4 aliphatic rings. The molecule has 4 fully saturated rings. The van der Waals surface area contributed by atoms with Crippen LogP contribution in [0.25, 0.3) is 0 Å². The van der Waals surface area contributed by atoms with Crippen LogP contribution in [0.1, 0.15) is 54.7 Å². The number of aryl methyl sites for hydroxylation is 2. The molecule has 1 heterocycles. The van der Waals surface area contributed by atoms with Crippen LogP contribution in [0.4, 0.5) is 0 Å². The average molecular weight is 287 g/mol. The molecule has 1 amide bonds. The van der Waals surface area contributed by atoms with E-state index >= 15 is 0 Å². The first-order chi connectivity index (χ1) is 9.97. The molecule has 4 saturated carbocycles. The summed E-state index contributed by atoms with van der Waals surface area (Å²) in [4.78, 5) is 15.0. The van der Waals surface area contributed by atoms with Gasteiger partial charge in [-0.05, 0) is 69.3 Å². The Morgan fingerprint density at radius 3 is 2.19 bits per heavy atom. The molecule has 4 bridgehead atoms. The van der Waals surface area contributed by atoms with Gasteiger partial charge in [-0.1, -0.05) is 0 Å². The molecular formula is C17H25N3O. The van der Waals surface area contributed by atoms with Gasteiger partial charge in [-0.3, -0.25) is 9.48 Å². The van der Waals surface area contributed by atoms with Crippen LogP contribution in [-0.4, -0.2) is 33.2 Å². The summed E-state index contributed by atoms with van der Waals surface area (Å²) in [6, 6.07) is 1.92. The van der Waals surface area contributed by atoms with E-state index in [0.717, 1.165) is 29.1 Å². The zero-order valence-corrected chi connectivity index (χ0v) is 13.3. The van der Waals surface area contributed by atoms with Gasteiger partial charge in [-0.15, -0.1) is 0 Å². The molecule has 4 aliphatic carbocycles. The lowest BCUT2D eigenvalue weighted by molar-refractivity contribution is -0.0668. The van der Waals surface area contributed by atoms with Crippen molar-refractivity contribution in [1.82, 2.24) is 14.7 Å². The van der Waals surface area contributed by atoms with Crippen LogP contribution in [0.2, 0.25) is 0 Å². The Bertz CT molecular complexity index is 554. The minimum absolute atomic E-state index is 0.129. The maximum Gasteiger partial charge on any atom is 0.272 e. The van der Waals surface area contributed by atoms with Crippen LogP contribution >= 0.6 is 0 Å². The highest BCUT2D eigenvalue weighted by atomic mass is 16.2. The van der Waals surface area contributed by atoms with E-state index in [2.05, 4.69) is 10.00 Å². The summed E-state index contributed by atoms with van der Waals surface area (Å²) in [6.07, 6.45) is 7.89. The zero-order valence-electron chi connectivity index (χ0n) is 13.3. The fourth-order valence-electron chi connectivity index (χ4n) is 5.67. The maximum atomic E-state index is 13.0. The van der Waals surface area contributed by atoms with E-state index in [1.807, 2.05) is 27.1 Å². The lowest BCUT2D eigenvalue weighted by Crippen LogP contribution is -2.60. The third-order valence-corrected chi connectivity index (χ3v) is 6.24. The Morgan fingerprint density at radius 2 is 1.76 bits per heavy atom. The fraction of sp³-hybridized carbons (Fsp3) is 0.765. The Morgan fingerprint density at radius 1 is 1.24 bits per heavy atom. The van der Waals surface area contributed by atoms with E-state index in [9.17, 15) is 4.79 Å². The summed E-state index contributed by atoms with van der Waals surface area (Å²) in [6.45, 7) is 1.95. The summed E-state index contributed by atoms with van der Waals surface area (Å²) < 4.78 is 1.73. The van der Waals surface area contributed by atoms with Gasteiger partial charge in [0.1, 0.15) is 5.69 Å². The Kier molecular flexibility index (Phi) is 2.76. The van der Waals surface area contributed by atoms with Crippen molar-refractivity contribution in [2.45, 2.75) is 51.0 Å². The molecule has 4 heteroatoms. The van der Waals surface area contributed by atoms with E-state index in [1.54, 1.807) is 4.68 Å². The first kappa shape index (κ1) is 13.4. The lowest BCUT2D eigenvalue weighted by atomic mass is 9.52. The predicted molar refractivity (Wildman–Crippen MR) is 80.9 cm³/mol. The Labute approximate surface area is 126 Å². The molecule has 0 spiro atoms. The Hall–Kier alpha value is -1.32. The van der Waals surface area contributed by atoms with Crippen LogP contribution in [-0.2, 0) is 7.05 Å². The van der Waals surface area contributed by atoms with Crippen molar-refractivity contribution in [3.8, 4) is 0 Å².